The largest absolute Gasteiger partial charge is 0.462 e. The number of nitrogens with zero attached hydrogens (tertiary/aromatic N) is 1. The van der Waals surface area contributed by atoms with Gasteiger partial charge in [0.05, 0.1) is 17.1 Å². The second kappa shape index (κ2) is 8.79. The van der Waals surface area contributed by atoms with Crippen molar-refractivity contribution in [2.24, 2.45) is 0 Å². The van der Waals surface area contributed by atoms with Crippen LogP contribution in [0.1, 0.15) is 23.0 Å². The van der Waals surface area contributed by atoms with E-state index in [9.17, 15) is 19.7 Å². The number of hydrogen-bond donors (Lipinski definition) is 0. The van der Waals surface area contributed by atoms with Crippen molar-refractivity contribution in [3.8, 4) is 11.3 Å². The summed E-state index contributed by atoms with van der Waals surface area (Å²) >= 11 is 0. The van der Waals surface area contributed by atoms with Crippen molar-refractivity contribution in [1.29, 1.82) is 0 Å². The molecule has 3 rings (SSSR count). The van der Waals surface area contributed by atoms with Crippen molar-refractivity contribution < 1.29 is 23.7 Å². The lowest BCUT2D eigenvalue weighted by atomic mass is 10.0. The maximum absolute atomic E-state index is 12.8. The summed E-state index contributed by atoms with van der Waals surface area (Å²) in [6.45, 7) is 1.75. The summed E-state index contributed by atoms with van der Waals surface area (Å²) < 4.78 is 10.7. The van der Waals surface area contributed by atoms with Crippen LogP contribution < -0.4 is 0 Å². The minimum Gasteiger partial charge on any atom is -0.462 e. The molecule has 0 saturated heterocycles. The number of Topliss-reactive ketones (excluding diaryl/α,β-unsaturated/α-hetero) is 1. The lowest BCUT2D eigenvalue weighted by Crippen LogP contribution is -2.16. The number of carbonyl (C=O) groups is 2. The number of rotatable bonds is 7. The van der Waals surface area contributed by atoms with E-state index < -0.39 is 16.7 Å². The lowest BCUT2D eigenvalue weighted by Gasteiger charge is -2.06. The SMILES string of the molecule is CCOC(=O)C(=Cc1ccc(-c2ccccc2[N+](=O)[O-])o1)C(=O)c1ccccc1. The van der Waals surface area contributed by atoms with Crippen molar-refractivity contribution >= 4 is 23.5 Å². The van der Waals surface area contributed by atoms with Crippen LogP contribution in [0, 0.1) is 10.1 Å². The van der Waals surface area contributed by atoms with Gasteiger partial charge in [-0.3, -0.25) is 14.9 Å². The van der Waals surface area contributed by atoms with Crippen LogP contribution in [-0.4, -0.2) is 23.3 Å². The van der Waals surface area contributed by atoms with Crippen LogP contribution in [0.4, 0.5) is 5.69 Å². The van der Waals surface area contributed by atoms with E-state index >= 15 is 0 Å². The average Bonchev–Trinajstić information content (AvgIpc) is 3.21. The van der Waals surface area contributed by atoms with E-state index in [0.717, 1.165) is 0 Å². The van der Waals surface area contributed by atoms with Gasteiger partial charge in [-0.2, -0.15) is 0 Å². The number of esters is 1. The molecule has 0 saturated carbocycles. The first-order chi connectivity index (χ1) is 14.0. The van der Waals surface area contributed by atoms with Crippen molar-refractivity contribution in [3.05, 3.63) is 93.7 Å². The Morgan fingerprint density at radius 1 is 1.03 bits per heavy atom. The van der Waals surface area contributed by atoms with E-state index in [2.05, 4.69) is 0 Å². The van der Waals surface area contributed by atoms with Gasteiger partial charge in [0.2, 0.25) is 0 Å². The molecule has 2 aromatic carbocycles. The molecule has 0 aliphatic rings. The molecule has 7 nitrogen and oxygen atoms in total. The van der Waals surface area contributed by atoms with E-state index in [1.807, 2.05) is 0 Å². The first kappa shape index (κ1) is 19.8. The summed E-state index contributed by atoms with van der Waals surface area (Å²) in [5.74, 6) is -0.831. The number of hydrogen-bond acceptors (Lipinski definition) is 6. The van der Waals surface area contributed by atoms with Gasteiger partial charge in [0.25, 0.3) is 5.69 Å². The second-order valence-corrected chi connectivity index (χ2v) is 5.95. The Bertz CT molecular complexity index is 1080. The molecule has 0 aliphatic heterocycles. The van der Waals surface area contributed by atoms with Crippen LogP contribution in [0.15, 0.2) is 76.7 Å². The molecule has 0 amide bonds. The number of ether oxygens (including phenoxy) is 1. The lowest BCUT2D eigenvalue weighted by molar-refractivity contribution is -0.384. The van der Waals surface area contributed by atoms with Crippen molar-refractivity contribution in [3.63, 3.8) is 0 Å². The molecule has 0 bridgehead atoms. The van der Waals surface area contributed by atoms with Crippen molar-refractivity contribution in [2.45, 2.75) is 6.92 Å². The van der Waals surface area contributed by atoms with Gasteiger partial charge in [0.1, 0.15) is 17.1 Å². The van der Waals surface area contributed by atoms with Gasteiger partial charge in [-0.25, -0.2) is 4.79 Å². The zero-order chi connectivity index (χ0) is 20.8. The highest BCUT2D eigenvalue weighted by molar-refractivity contribution is 6.26. The van der Waals surface area contributed by atoms with E-state index in [-0.39, 0.29) is 29.4 Å². The Kier molecular flexibility index (Phi) is 5.99. The number of nitro benzene ring substituents is 1. The van der Waals surface area contributed by atoms with Gasteiger partial charge >= 0.3 is 5.97 Å². The monoisotopic (exact) mass is 391 g/mol. The predicted molar refractivity (Wildman–Crippen MR) is 106 cm³/mol. The van der Waals surface area contributed by atoms with E-state index in [1.54, 1.807) is 61.5 Å². The zero-order valence-electron chi connectivity index (χ0n) is 15.5. The molecular weight excluding hydrogens is 374 g/mol. The van der Waals surface area contributed by atoms with Gasteiger partial charge in [0, 0.05) is 11.6 Å². The molecule has 0 aliphatic carbocycles. The summed E-state index contributed by atoms with van der Waals surface area (Å²) in [7, 11) is 0. The van der Waals surface area contributed by atoms with Crippen LogP contribution in [0.3, 0.4) is 0 Å². The second-order valence-electron chi connectivity index (χ2n) is 5.95. The molecule has 1 aromatic heterocycles. The summed E-state index contributed by atoms with van der Waals surface area (Å²) in [5.41, 5.74) is 0.325. The van der Waals surface area contributed by atoms with E-state index in [0.29, 0.717) is 11.1 Å². The van der Waals surface area contributed by atoms with Crippen LogP contribution in [0.5, 0.6) is 0 Å². The topological polar surface area (TPSA) is 99.7 Å². The fourth-order valence-corrected chi connectivity index (χ4v) is 2.73. The van der Waals surface area contributed by atoms with Gasteiger partial charge < -0.3 is 9.15 Å². The summed E-state index contributed by atoms with van der Waals surface area (Å²) in [4.78, 5) is 35.9. The normalized spacial score (nSPS) is 11.1. The molecule has 146 valence electrons. The average molecular weight is 391 g/mol. The standard InChI is InChI=1S/C22H17NO6/c1-2-28-22(25)18(21(24)15-8-4-3-5-9-15)14-16-12-13-20(29-16)17-10-6-7-11-19(17)23(26)27/h3-14H,2H2,1H3. The Balaban J connectivity index is 2.01. The Hall–Kier alpha value is -4.00. The number of benzene rings is 2. The van der Waals surface area contributed by atoms with Crippen LogP contribution in [0.25, 0.3) is 17.4 Å². The van der Waals surface area contributed by atoms with E-state index in [1.165, 1.54) is 18.2 Å². The molecule has 0 fully saturated rings. The minimum atomic E-state index is -0.773. The Morgan fingerprint density at radius 3 is 2.41 bits per heavy atom. The zero-order valence-corrected chi connectivity index (χ0v) is 15.5. The quantitative estimate of drug-likeness (QED) is 0.110. The third kappa shape index (κ3) is 4.47. The van der Waals surface area contributed by atoms with Crippen molar-refractivity contribution in [1.82, 2.24) is 0 Å². The van der Waals surface area contributed by atoms with Gasteiger partial charge in [0.15, 0.2) is 5.78 Å². The number of carbonyl (C=O) groups excluding carboxylic acids is 2. The molecule has 29 heavy (non-hydrogen) atoms. The molecule has 7 heteroatoms. The van der Waals surface area contributed by atoms with Crippen LogP contribution in [0.2, 0.25) is 0 Å². The van der Waals surface area contributed by atoms with Crippen LogP contribution >= 0.6 is 0 Å². The highest BCUT2D eigenvalue weighted by atomic mass is 16.6. The number of para-hydroxylation sites is 1. The first-order valence-electron chi connectivity index (χ1n) is 8.83. The maximum Gasteiger partial charge on any atom is 0.342 e. The smallest absolute Gasteiger partial charge is 0.342 e. The number of ketones is 1. The third-order valence-electron chi connectivity index (χ3n) is 4.06. The van der Waals surface area contributed by atoms with Gasteiger partial charge in [-0.1, -0.05) is 42.5 Å². The highest BCUT2D eigenvalue weighted by Crippen LogP contribution is 2.31. The summed E-state index contributed by atoms with van der Waals surface area (Å²) in [6, 6.07) is 17.6. The molecule has 0 atom stereocenters. The molecular formula is C22H17NO6. The first-order valence-corrected chi connectivity index (χ1v) is 8.83. The number of furan rings is 1. The van der Waals surface area contributed by atoms with Gasteiger partial charge in [-0.15, -0.1) is 0 Å². The predicted octanol–water partition coefficient (Wildman–Crippen LogP) is 4.68. The summed E-state index contributed by atoms with van der Waals surface area (Å²) in [5, 5.41) is 11.2. The third-order valence-corrected chi connectivity index (χ3v) is 4.06. The molecule has 3 aromatic rings. The Labute approximate surface area is 166 Å². The molecule has 0 radical (unpaired) electrons. The molecule has 1 heterocycles. The molecule has 0 N–H and O–H groups in total. The highest BCUT2D eigenvalue weighted by Gasteiger charge is 2.22. The van der Waals surface area contributed by atoms with Crippen molar-refractivity contribution in [2.75, 3.05) is 6.61 Å². The van der Waals surface area contributed by atoms with Gasteiger partial charge in [-0.05, 0) is 31.2 Å². The minimum absolute atomic E-state index is 0.108. The van der Waals surface area contributed by atoms with E-state index in [4.69, 9.17) is 9.15 Å². The summed E-state index contributed by atoms with van der Waals surface area (Å²) in [6.07, 6.45) is 1.28. The van der Waals surface area contributed by atoms with Crippen LogP contribution in [-0.2, 0) is 9.53 Å². The Morgan fingerprint density at radius 2 is 1.72 bits per heavy atom. The fraction of sp³-hybridized carbons (Fsp3) is 0.0909. The fourth-order valence-electron chi connectivity index (χ4n) is 2.73. The maximum atomic E-state index is 12.8. The number of nitro groups is 1. The molecule has 0 unspecified atom stereocenters. The molecule has 0 spiro atoms.